The van der Waals surface area contributed by atoms with Crippen molar-refractivity contribution in [1.82, 2.24) is 15.4 Å². The molecule has 0 atom stereocenters. The Labute approximate surface area is 252 Å². The fourth-order valence-corrected chi connectivity index (χ4v) is 13.1. The van der Waals surface area contributed by atoms with Crippen LogP contribution < -0.4 is 0 Å². The summed E-state index contributed by atoms with van der Waals surface area (Å²) < 4.78 is 7.18. The van der Waals surface area contributed by atoms with Gasteiger partial charge in [0.25, 0.3) is 0 Å². The van der Waals surface area contributed by atoms with Crippen LogP contribution in [0.4, 0.5) is 0 Å². The standard InChI is InChI=1S/C35H64N3O2P/c1-5-9-13-16-19-22-29-41(28-12-8-4,30-23-20-17-14-10-6-2,31-24-21-18-15-11-7-3)40-35(39)32-26-25-27-33-34(32)37-38-36-33/h25-27H,5-24,28-31H2,1-4H3,(H,36,37,38). The van der Waals surface area contributed by atoms with Crippen LogP contribution in [-0.4, -0.2) is 46.0 Å². The first-order valence-electron chi connectivity index (χ1n) is 17.6. The molecule has 0 aliphatic rings. The number of nitrogens with one attached hydrogen (secondary N) is 1. The third-order valence-corrected chi connectivity index (χ3v) is 15.7. The molecule has 1 heterocycles. The van der Waals surface area contributed by atoms with Crippen LogP contribution in [-0.2, 0) is 4.52 Å². The molecule has 1 N–H and O–H groups in total. The van der Waals surface area contributed by atoms with E-state index >= 15 is 0 Å². The Morgan fingerprint density at radius 2 is 1.05 bits per heavy atom. The SMILES string of the molecule is CCCCCCCCP(CCCC)(CCCCCCCC)(CCCCCCCC)OC(=O)c1cccc2n[nH]nc12. The number of carbonyl (C=O) groups is 1. The van der Waals surface area contributed by atoms with Gasteiger partial charge in [-0.3, -0.25) is 0 Å². The van der Waals surface area contributed by atoms with E-state index in [1.54, 1.807) is 0 Å². The second kappa shape index (κ2) is 20.4. The molecule has 0 radical (unpaired) electrons. The summed E-state index contributed by atoms with van der Waals surface area (Å²) in [5, 5.41) is 11.3. The van der Waals surface area contributed by atoms with Gasteiger partial charge in [-0.15, -0.1) is 0 Å². The molecule has 0 saturated heterocycles. The van der Waals surface area contributed by atoms with Crippen LogP contribution in [0.1, 0.15) is 166 Å². The van der Waals surface area contributed by atoms with Crippen molar-refractivity contribution in [2.75, 3.05) is 24.6 Å². The minimum atomic E-state index is -2.80. The Kier molecular flexibility index (Phi) is 17.8. The normalized spacial score (nSPS) is 12.9. The Hall–Kier alpha value is -1.48. The van der Waals surface area contributed by atoms with Crippen molar-refractivity contribution in [2.45, 2.75) is 156 Å². The first kappa shape index (κ1) is 35.7. The van der Waals surface area contributed by atoms with E-state index in [0.717, 1.165) is 43.0 Å². The number of hydrogen-bond acceptors (Lipinski definition) is 4. The molecule has 0 fully saturated rings. The summed E-state index contributed by atoms with van der Waals surface area (Å²) in [7, 11) is 0. The molecular formula is C35H64N3O2P. The van der Waals surface area contributed by atoms with E-state index in [1.165, 1.54) is 116 Å². The average Bonchev–Trinajstić information content (AvgIpc) is 3.47. The molecule has 0 spiro atoms. The van der Waals surface area contributed by atoms with E-state index in [4.69, 9.17) is 4.52 Å². The van der Waals surface area contributed by atoms with Gasteiger partial charge >= 0.3 is 253 Å². The fourth-order valence-electron chi connectivity index (χ4n) is 6.60. The molecule has 1 aromatic carbocycles. The second-order valence-electron chi connectivity index (χ2n) is 12.8. The monoisotopic (exact) mass is 589 g/mol. The molecular weight excluding hydrogens is 525 g/mol. The number of para-hydroxylation sites is 1. The second-order valence-corrected chi connectivity index (χ2v) is 18.5. The predicted octanol–water partition coefficient (Wildman–Crippen LogP) is 11.5. The molecule has 41 heavy (non-hydrogen) atoms. The zero-order valence-electron chi connectivity index (χ0n) is 27.4. The number of H-pyrrole nitrogens is 1. The first-order chi connectivity index (χ1) is 20.0. The summed E-state index contributed by atoms with van der Waals surface area (Å²) in [6, 6.07) is 5.71. The molecule has 0 aliphatic carbocycles. The van der Waals surface area contributed by atoms with Crippen LogP contribution in [0.15, 0.2) is 18.2 Å². The van der Waals surface area contributed by atoms with E-state index in [-0.39, 0.29) is 5.97 Å². The summed E-state index contributed by atoms with van der Waals surface area (Å²) in [4.78, 5) is 14.2. The summed E-state index contributed by atoms with van der Waals surface area (Å²) in [5.74, 6) is -0.152. The van der Waals surface area contributed by atoms with Gasteiger partial charge in [0, 0.05) is 0 Å². The van der Waals surface area contributed by atoms with Gasteiger partial charge in [0.05, 0.1) is 0 Å². The first-order valence-corrected chi connectivity index (χ1v) is 20.5. The zero-order chi connectivity index (χ0) is 29.7. The Morgan fingerprint density at radius 1 is 0.610 bits per heavy atom. The average molecular weight is 590 g/mol. The third-order valence-electron chi connectivity index (χ3n) is 9.22. The number of hydrogen-bond donors (Lipinski definition) is 1. The molecule has 0 bridgehead atoms. The third kappa shape index (κ3) is 12.3. The minimum absolute atomic E-state index is 0.152. The summed E-state index contributed by atoms with van der Waals surface area (Å²) in [6.45, 7) is 6.35. The molecule has 236 valence electrons. The Balaban J connectivity index is 2.38. The molecule has 0 saturated carbocycles. The zero-order valence-corrected chi connectivity index (χ0v) is 28.3. The van der Waals surface area contributed by atoms with Gasteiger partial charge in [-0.05, 0) is 0 Å². The van der Waals surface area contributed by atoms with Crippen molar-refractivity contribution in [3.05, 3.63) is 23.8 Å². The van der Waals surface area contributed by atoms with Crippen LogP contribution in [0.5, 0.6) is 0 Å². The van der Waals surface area contributed by atoms with Crippen LogP contribution in [0.25, 0.3) is 11.0 Å². The van der Waals surface area contributed by atoms with E-state index < -0.39 is 6.83 Å². The van der Waals surface area contributed by atoms with Gasteiger partial charge in [-0.2, -0.15) is 0 Å². The Morgan fingerprint density at radius 3 is 1.54 bits per heavy atom. The van der Waals surface area contributed by atoms with Gasteiger partial charge < -0.3 is 0 Å². The fraction of sp³-hybridized carbons (Fsp3) is 0.800. The molecule has 6 heteroatoms. The van der Waals surface area contributed by atoms with Gasteiger partial charge in [0.2, 0.25) is 0 Å². The van der Waals surface area contributed by atoms with E-state index in [9.17, 15) is 4.79 Å². The number of fused-ring (bicyclic) bond motifs is 1. The van der Waals surface area contributed by atoms with Crippen LogP contribution >= 0.6 is 6.83 Å². The molecule has 0 amide bonds. The van der Waals surface area contributed by atoms with Crippen LogP contribution in [0.3, 0.4) is 0 Å². The van der Waals surface area contributed by atoms with Crippen LogP contribution in [0, 0.1) is 0 Å². The van der Waals surface area contributed by atoms with E-state index in [2.05, 4.69) is 43.1 Å². The number of carbonyl (C=O) groups excluding carboxylic acids is 1. The Bertz CT molecular complexity index is 916. The van der Waals surface area contributed by atoms with Crippen molar-refractivity contribution in [2.24, 2.45) is 0 Å². The molecule has 5 nitrogen and oxygen atoms in total. The van der Waals surface area contributed by atoms with Crippen molar-refractivity contribution in [3.63, 3.8) is 0 Å². The molecule has 0 aliphatic heterocycles. The van der Waals surface area contributed by atoms with Crippen molar-refractivity contribution in [3.8, 4) is 0 Å². The molecule has 1 aromatic heterocycles. The number of nitrogens with zero attached hydrogens (tertiary/aromatic N) is 2. The number of aromatic amines is 1. The maximum atomic E-state index is 14.2. The van der Waals surface area contributed by atoms with E-state index in [0.29, 0.717) is 11.1 Å². The van der Waals surface area contributed by atoms with Crippen LogP contribution in [0.2, 0.25) is 0 Å². The number of rotatable bonds is 26. The number of unbranched alkanes of at least 4 members (excludes halogenated alkanes) is 16. The maximum absolute atomic E-state index is 14.2. The van der Waals surface area contributed by atoms with Gasteiger partial charge in [0.1, 0.15) is 0 Å². The van der Waals surface area contributed by atoms with Gasteiger partial charge in [0.15, 0.2) is 0 Å². The van der Waals surface area contributed by atoms with Gasteiger partial charge in [-0.25, -0.2) is 0 Å². The summed E-state index contributed by atoms with van der Waals surface area (Å²) in [6.07, 6.45) is 29.8. The van der Waals surface area contributed by atoms with Crippen molar-refractivity contribution in [1.29, 1.82) is 0 Å². The van der Waals surface area contributed by atoms with Crippen molar-refractivity contribution < 1.29 is 9.32 Å². The summed E-state index contributed by atoms with van der Waals surface area (Å²) >= 11 is 0. The molecule has 2 rings (SSSR count). The quantitative estimate of drug-likeness (QED) is 0.0875. The topological polar surface area (TPSA) is 67.9 Å². The molecule has 2 aromatic rings. The molecule has 0 unspecified atom stereocenters. The summed E-state index contributed by atoms with van der Waals surface area (Å²) in [5.41, 5.74) is 1.95. The van der Waals surface area contributed by atoms with E-state index in [1.807, 2.05) is 18.2 Å². The van der Waals surface area contributed by atoms with Gasteiger partial charge in [-0.1, -0.05) is 0 Å². The van der Waals surface area contributed by atoms with Crippen molar-refractivity contribution >= 4 is 23.8 Å². The number of aromatic nitrogens is 3. The predicted molar refractivity (Wildman–Crippen MR) is 181 cm³/mol. The number of benzene rings is 1.